The Labute approximate surface area is 136 Å². The molecular formula is C18H32N2O2. The van der Waals surface area contributed by atoms with Gasteiger partial charge in [-0.2, -0.15) is 5.26 Å². The Morgan fingerprint density at radius 3 is 1.50 bits per heavy atom. The summed E-state index contributed by atoms with van der Waals surface area (Å²) < 4.78 is 4.64. The first-order valence-electron chi connectivity index (χ1n) is 8.96. The lowest BCUT2D eigenvalue weighted by atomic mass is 10.0. The third-order valence-corrected chi connectivity index (χ3v) is 3.90. The minimum absolute atomic E-state index is 0.584. The molecule has 0 aromatic carbocycles. The summed E-state index contributed by atoms with van der Waals surface area (Å²) in [6, 6.07) is 0. The summed E-state index contributed by atoms with van der Waals surface area (Å²) in [5, 5.41) is 8.21. The number of nitrogens with zero attached hydrogens (tertiary/aromatic N) is 2. The number of hydrogen-bond donors (Lipinski definition) is 0. The topological polar surface area (TPSA) is 62.4 Å². The summed E-state index contributed by atoms with van der Waals surface area (Å²) in [5.41, 5.74) is 0. The van der Waals surface area contributed by atoms with E-state index < -0.39 is 0 Å². The molecule has 0 aromatic heterocycles. The van der Waals surface area contributed by atoms with E-state index >= 15 is 0 Å². The van der Waals surface area contributed by atoms with Gasteiger partial charge in [-0.25, -0.2) is 9.79 Å². The maximum absolute atomic E-state index is 9.87. The van der Waals surface area contributed by atoms with E-state index in [2.05, 4.69) is 9.73 Å². The highest BCUT2D eigenvalue weighted by Gasteiger charge is 1.94. The number of rotatable bonds is 17. The van der Waals surface area contributed by atoms with Crippen molar-refractivity contribution in [3.8, 4) is 6.26 Å². The SMILES string of the molecule is N#COCCCCCCCCCCCCCCCCN=C=O. The maximum Gasteiger partial charge on any atom is 0.286 e. The molecule has 0 N–H and O–H groups in total. The molecule has 0 spiro atoms. The van der Waals surface area contributed by atoms with Crippen LogP contribution in [0.15, 0.2) is 4.99 Å². The molecule has 0 aromatic rings. The molecule has 0 heterocycles. The Kier molecular flexibility index (Phi) is 18.5. The Balaban J connectivity index is 2.97. The predicted molar refractivity (Wildman–Crippen MR) is 89.2 cm³/mol. The van der Waals surface area contributed by atoms with Gasteiger partial charge in [0.1, 0.15) is 6.61 Å². The highest BCUT2D eigenvalue weighted by atomic mass is 16.5. The van der Waals surface area contributed by atoms with Crippen LogP contribution < -0.4 is 0 Å². The molecule has 0 aliphatic carbocycles. The van der Waals surface area contributed by atoms with Gasteiger partial charge in [-0.1, -0.05) is 77.0 Å². The summed E-state index contributed by atoms with van der Waals surface area (Å²) in [4.78, 5) is 13.4. The van der Waals surface area contributed by atoms with Crippen molar-refractivity contribution in [1.82, 2.24) is 0 Å². The fraction of sp³-hybridized carbons (Fsp3) is 0.889. The molecule has 4 nitrogen and oxygen atoms in total. The zero-order chi connectivity index (χ0) is 16.1. The minimum atomic E-state index is 0.584. The van der Waals surface area contributed by atoms with Crippen molar-refractivity contribution in [2.75, 3.05) is 13.2 Å². The average Bonchev–Trinajstić information content (AvgIpc) is 2.54. The monoisotopic (exact) mass is 308 g/mol. The second kappa shape index (κ2) is 19.7. The van der Waals surface area contributed by atoms with Gasteiger partial charge in [0.15, 0.2) is 0 Å². The molecule has 0 rings (SSSR count). The normalized spacial score (nSPS) is 9.95. The fourth-order valence-electron chi connectivity index (χ4n) is 2.58. The summed E-state index contributed by atoms with van der Waals surface area (Å²) in [6.07, 6.45) is 21.0. The van der Waals surface area contributed by atoms with E-state index in [-0.39, 0.29) is 0 Å². The molecular weight excluding hydrogens is 276 g/mol. The molecule has 0 saturated heterocycles. The van der Waals surface area contributed by atoms with Crippen LogP contribution in [0.2, 0.25) is 0 Å². The number of hydrogen-bond acceptors (Lipinski definition) is 4. The van der Waals surface area contributed by atoms with Gasteiger partial charge >= 0.3 is 0 Å². The van der Waals surface area contributed by atoms with Gasteiger partial charge in [0.25, 0.3) is 6.26 Å². The highest BCUT2D eigenvalue weighted by molar-refractivity contribution is 5.32. The van der Waals surface area contributed by atoms with Gasteiger partial charge in [-0.05, 0) is 12.8 Å². The van der Waals surface area contributed by atoms with Gasteiger partial charge in [0, 0.05) is 0 Å². The highest BCUT2D eigenvalue weighted by Crippen LogP contribution is 2.12. The smallest absolute Gasteiger partial charge is 0.286 e. The largest absolute Gasteiger partial charge is 0.428 e. The first-order chi connectivity index (χ1) is 10.9. The van der Waals surface area contributed by atoms with Crippen LogP contribution in [0.25, 0.3) is 0 Å². The second-order valence-corrected chi connectivity index (χ2v) is 5.86. The van der Waals surface area contributed by atoms with E-state index in [1.54, 1.807) is 12.3 Å². The van der Waals surface area contributed by atoms with Crippen LogP contribution in [-0.2, 0) is 9.53 Å². The molecule has 0 unspecified atom stereocenters. The van der Waals surface area contributed by atoms with E-state index in [0.717, 1.165) is 12.8 Å². The number of aliphatic imine (C=N–C) groups is 1. The predicted octanol–water partition coefficient (Wildman–Crippen LogP) is 5.28. The Morgan fingerprint density at radius 1 is 0.682 bits per heavy atom. The maximum atomic E-state index is 9.87. The first kappa shape index (κ1) is 20.7. The molecule has 126 valence electrons. The van der Waals surface area contributed by atoms with Crippen LogP contribution in [0.4, 0.5) is 0 Å². The summed E-state index contributed by atoms with van der Waals surface area (Å²) in [5.74, 6) is 0. The lowest BCUT2D eigenvalue weighted by Crippen LogP contribution is -1.88. The van der Waals surface area contributed by atoms with Crippen molar-refractivity contribution < 1.29 is 9.53 Å². The molecule has 0 amide bonds. The van der Waals surface area contributed by atoms with Gasteiger partial charge in [-0.15, -0.1) is 0 Å². The molecule has 0 aliphatic heterocycles. The minimum Gasteiger partial charge on any atom is -0.428 e. The van der Waals surface area contributed by atoms with Crippen molar-refractivity contribution in [2.45, 2.75) is 89.9 Å². The molecule has 0 saturated carbocycles. The summed E-state index contributed by atoms with van der Waals surface area (Å²) in [6.45, 7) is 1.23. The molecule has 0 fully saturated rings. The lowest BCUT2D eigenvalue weighted by molar-refractivity contribution is 0.260. The Hall–Kier alpha value is -1.33. The number of unbranched alkanes of at least 4 members (excludes halogenated alkanes) is 13. The molecule has 0 bridgehead atoms. The lowest BCUT2D eigenvalue weighted by Gasteiger charge is -2.03. The second-order valence-electron chi connectivity index (χ2n) is 5.86. The third-order valence-electron chi connectivity index (χ3n) is 3.90. The number of carbonyl (C=O) groups excluding carboxylic acids is 1. The Bertz CT molecular complexity index is 307. The van der Waals surface area contributed by atoms with E-state index in [1.807, 2.05) is 0 Å². The van der Waals surface area contributed by atoms with E-state index in [0.29, 0.717) is 13.2 Å². The van der Waals surface area contributed by atoms with Gasteiger partial charge in [0.2, 0.25) is 6.08 Å². The number of nitriles is 1. The molecule has 4 heteroatoms. The van der Waals surface area contributed by atoms with E-state index in [1.165, 1.54) is 77.0 Å². The quantitative estimate of drug-likeness (QED) is 0.159. The van der Waals surface area contributed by atoms with Gasteiger partial charge in [0.05, 0.1) is 6.54 Å². The molecule has 0 aliphatic rings. The van der Waals surface area contributed by atoms with Crippen LogP contribution >= 0.6 is 0 Å². The molecule has 22 heavy (non-hydrogen) atoms. The van der Waals surface area contributed by atoms with Crippen molar-refractivity contribution in [3.63, 3.8) is 0 Å². The fourth-order valence-corrected chi connectivity index (χ4v) is 2.58. The van der Waals surface area contributed by atoms with E-state index in [9.17, 15) is 4.79 Å². The van der Waals surface area contributed by atoms with Crippen molar-refractivity contribution >= 4 is 6.08 Å². The molecule has 0 atom stereocenters. The summed E-state index contributed by atoms with van der Waals surface area (Å²) >= 11 is 0. The van der Waals surface area contributed by atoms with Crippen LogP contribution in [0.1, 0.15) is 89.9 Å². The number of isocyanates is 1. The van der Waals surface area contributed by atoms with Gasteiger partial charge < -0.3 is 4.74 Å². The van der Waals surface area contributed by atoms with Crippen molar-refractivity contribution in [3.05, 3.63) is 0 Å². The molecule has 0 radical (unpaired) electrons. The average molecular weight is 308 g/mol. The van der Waals surface area contributed by atoms with Crippen LogP contribution in [0.3, 0.4) is 0 Å². The van der Waals surface area contributed by atoms with Crippen molar-refractivity contribution in [1.29, 1.82) is 5.26 Å². The van der Waals surface area contributed by atoms with Crippen LogP contribution in [-0.4, -0.2) is 19.2 Å². The van der Waals surface area contributed by atoms with Crippen LogP contribution in [0.5, 0.6) is 0 Å². The van der Waals surface area contributed by atoms with E-state index in [4.69, 9.17) is 5.26 Å². The van der Waals surface area contributed by atoms with Gasteiger partial charge in [-0.3, -0.25) is 0 Å². The van der Waals surface area contributed by atoms with Crippen LogP contribution in [0, 0.1) is 11.5 Å². The standard InChI is InChI=1S/C18H32N2O2/c19-17-22-16-14-12-10-8-6-4-2-1-3-5-7-9-11-13-15-20-18-21/h1-16H2. The number of ether oxygens (including phenoxy) is 1. The third kappa shape index (κ3) is 18.7. The zero-order valence-electron chi connectivity index (χ0n) is 14.0. The zero-order valence-corrected chi connectivity index (χ0v) is 14.0. The first-order valence-corrected chi connectivity index (χ1v) is 8.96. The van der Waals surface area contributed by atoms with Crippen molar-refractivity contribution in [2.24, 2.45) is 4.99 Å². The summed E-state index contributed by atoms with van der Waals surface area (Å²) in [7, 11) is 0. The Morgan fingerprint density at radius 2 is 1.09 bits per heavy atom.